The van der Waals surface area contributed by atoms with Gasteiger partial charge in [-0.15, -0.1) is 0 Å². The molecule has 0 bridgehead atoms. The van der Waals surface area contributed by atoms with Gasteiger partial charge in [0.05, 0.1) is 0 Å². The van der Waals surface area contributed by atoms with Crippen LogP contribution < -0.4 is 14.8 Å². The molecule has 1 saturated heterocycles. The van der Waals surface area contributed by atoms with Crippen molar-refractivity contribution < 1.29 is 14.6 Å². The molecule has 212 valence electrons. The summed E-state index contributed by atoms with van der Waals surface area (Å²) < 4.78 is 1.81. The van der Waals surface area contributed by atoms with Gasteiger partial charge in [-0.05, 0) is 84.3 Å². The second-order valence-electron chi connectivity index (χ2n) is 10.8. The number of aliphatic hydroxyl groups excluding tert-OH is 1. The van der Waals surface area contributed by atoms with Crippen LogP contribution in [-0.2, 0) is 25.7 Å². The molecule has 3 heterocycles. The average molecular weight is 592 g/mol. The Labute approximate surface area is 249 Å². The monoisotopic (exact) mass is 590 g/mol. The predicted molar refractivity (Wildman–Crippen MR) is 159 cm³/mol. The van der Waals surface area contributed by atoms with E-state index in [4.69, 9.17) is 23.2 Å². The van der Waals surface area contributed by atoms with Gasteiger partial charge in [0.1, 0.15) is 6.04 Å². The molecule has 3 aliphatic rings. The van der Waals surface area contributed by atoms with E-state index in [-0.39, 0.29) is 6.04 Å². The number of fused-ring (bicyclic) bond motifs is 4. The van der Waals surface area contributed by atoms with Crippen LogP contribution in [0, 0.1) is 10.4 Å². The lowest BCUT2D eigenvalue weighted by molar-refractivity contribution is -0.618. The number of piperazine rings is 1. The van der Waals surface area contributed by atoms with E-state index in [0.717, 1.165) is 94.3 Å². The number of nitrogens with one attached hydrogen (secondary N) is 1. The van der Waals surface area contributed by atoms with Crippen LogP contribution in [0.3, 0.4) is 0 Å². The Morgan fingerprint density at radius 2 is 1.22 bits per heavy atom. The highest BCUT2D eigenvalue weighted by Gasteiger charge is 2.35. The SMILES string of the molecule is [O-][n+]1cccc2c1C(N1CCNCC1)c1ccc(Cl)cc1CC2.[O-][n+]1cccc2c1C(O)c1ccc(Cl)cc1CC2. The van der Waals surface area contributed by atoms with Crippen LogP contribution in [0.2, 0.25) is 10.0 Å². The molecular weight excluding hydrogens is 559 g/mol. The van der Waals surface area contributed by atoms with Gasteiger partial charge in [0, 0.05) is 59.5 Å². The Morgan fingerprint density at radius 1 is 0.707 bits per heavy atom. The van der Waals surface area contributed by atoms with E-state index >= 15 is 0 Å². The summed E-state index contributed by atoms with van der Waals surface area (Å²) in [5.41, 5.74) is 7.63. The molecule has 2 aromatic carbocycles. The summed E-state index contributed by atoms with van der Waals surface area (Å²) in [7, 11) is 0. The van der Waals surface area contributed by atoms with Crippen molar-refractivity contribution in [3.05, 3.63) is 138 Å². The fraction of sp³-hybridized carbons (Fsp3) is 0.312. The zero-order valence-corrected chi connectivity index (χ0v) is 24.1. The summed E-state index contributed by atoms with van der Waals surface area (Å²) in [6.07, 6.45) is 5.49. The highest BCUT2D eigenvalue weighted by molar-refractivity contribution is 6.31. The third kappa shape index (κ3) is 5.65. The molecule has 0 amide bonds. The summed E-state index contributed by atoms with van der Waals surface area (Å²) in [4.78, 5) is 2.42. The molecule has 2 N–H and O–H groups in total. The Hall–Kier alpha value is -3.20. The molecule has 0 saturated carbocycles. The number of aromatic nitrogens is 2. The van der Waals surface area contributed by atoms with E-state index in [1.165, 1.54) is 17.3 Å². The van der Waals surface area contributed by atoms with Crippen LogP contribution in [0.1, 0.15) is 56.9 Å². The van der Waals surface area contributed by atoms with Crippen LogP contribution in [0.25, 0.3) is 0 Å². The van der Waals surface area contributed by atoms with Crippen molar-refractivity contribution in [3.8, 4) is 0 Å². The topological polar surface area (TPSA) is 89.4 Å². The van der Waals surface area contributed by atoms with Gasteiger partial charge in [-0.3, -0.25) is 4.90 Å². The number of rotatable bonds is 1. The van der Waals surface area contributed by atoms with Gasteiger partial charge in [0.25, 0.3) is 0 Å². The van der Waals surface area contributed by atoms with E-state index in [9.17, 15) is 15.5 Å². The predicted octanol–water partition coefficient (Wildman–Crippen LogP) is 4.22. The summed E-state index contributed by atoms with van der Waals surface area (Å²) >= 11 is 12.2. The quantitative estimate of drug-likeness (QED) is 0.256. The molecule has 0 radical (unpaired) electrons. The molecule has 7 nitrogen and oxygen atoms in total. The minimum Gasteiger partial charge on any atom is -0.618 e. The second-order valence-corrected chi connectivity index (χ2v) is 11.6. The van der Waals surface area contributed by atoms with Crippen LogP contribution in [0.15, 0.2) is 73.1 Å². The van der Waals surface area contributed by atoms with Gasteiger partial charge in [-0.1, -0.05) is 35.3 Å². The first kappa shape index (κ1) is 27.9. The third-order valence-electron chi connectivity index (χ3n) is 8.33. The third-order valence-corrected chi connectivity index (χ3v) is 8.80. The van der Waals surface area contributed by atoms with Gasteiger partial charge >= 0.3 is 0 Å². The number of nitrogens with zero attached hydrogens (tertiary/aromatic N) is 3. The van der Waals surface area contributed by atoms with Crippen LogP contribution in [0.5, 0.6) is 0 Å². The minimum atomic E-state index is -0.881. The van der Waals surface area contributed by atoms with Crippen molar-refractivity contribution in [2.24, 2.45) is 0 Å². The van der Waals surface area contributed by atoms with Gasteiger partial charge in [0.2, 0.25) is 11.4 Å². The lowest BCUT2D eigenvalue weighted by atomic mass is 9.96. The van der Waals surface area contributed by atoms with Gasteiger partial charge < -0.3 is 20.8 Å². The van der Waals surface area contributed by atoms with E-state index in [2.05, 4.69) is 28.4 Å². The fourth-order valence-electron chi connectivity index (χ4n) is 6.36. The van der Waals surface area contributed by atoms with Gasteiger partial charge in [-0.25, -0.2) is 0 Å². The first-order valence-electron chi connectivity index (χ1n) is 14.0. The Kier molecular flexibility index (Phi) is 8.15. The number of benzene rings is 2. The maximum atomic E-state index is 12.6. The summed E-state index contributed by atoms with van der Waals surface area (Å²) in [6, 6.07) is 19.1. The zero-order valence-electron chi connectivity index (χ0n) is 22.6. The maximum Gasteiger partial charge on any atom is 0.229 e. The second kappa shape index (κ2) is 12.0. The van der Waals surface area contributed by atoms with Crippen LogP contribution in [0.4, 0.5) is 0 Å². The average Bonchev–Trinajstić information content (AvgIpc) is 3.23. The molecule has 4 aromatic rings. The largest absolute Gasteiger partial charge is 0.618 e. The number of halogens is 2. The van der Waals surface area contributed by atoms with Crippen LogP contribution >= 0.6 is 23.2 Å². The van der Waals surface area contributed by atoms with E-state index in [1.807, 2.05) is 24.3 Å². The van der Waals surface area contributed by atoms with Crippen molar-refractivity contribution in [1.82, 2.24) is 10.2 Å². The molecule has 7 rings (SSSR count). The highest BCUT2D eigenvalue weighted by Crippen LogP contribution is 2.36. The van der Waals surface area contributed by atoms with Gasteiger partial charge in [0.15, 0.2) is 18.5 Å². The van der Waals surface area contributed by atoms with Crippen LogP contribution in [-0.4, -0.2) is 36.2 Å². The number of aryl methyl sites for hydroxylation is 4. The minimum absolute atomic E-state index is 0.0144. The molecule has 2 atom stereocenters. The first-order valence-corrected chi connectivity index (χ1v) is 14.8. The van der Waals surface area contributed by atoms with Gasteiger partial charge in [-0.2, -0.15) is 9.46 Å². The number of pyridine rings is 2. The first-order chi connectivity index (χ1) is 19.9. The highest BCUT2D eigenvalue weighted by atomic mass is 35.5. The Bertz CT molecular complexity index is 1580. The normalized spacial score (nSPS) is 19.8. The molecule has 2 aromatic heterocycles. The molecule has 1 fully saturated rings. The maximum absolute atomic E-state index is 12.6. The van der Waals surface area contributed by atoms with E-state index < -0.39 is 6.10 Å². The summed E-state index contributed by atoms with van der Waals surface area (Å²) in [6.45, 7) is 3.81. The van der Waals surface area contributed by atoms with Crippen molar-refractivity contribution in [1.29, 1.82) is 0 Å². The zero-order chi connectivity index (χ0) is 28.5. The van der Waals surface area contributed by atoms with Crippen molar-refractivity contribution >= 4 is 23.2 Å². The summed E-state index contributed by atoms with van der Waals surface area (Å²) in [5.74, 6) is 0. The molecule has 2 unspecified atom stereocenters. The molecule has 41 heavy (non-hydrogen) atoms. The fourth-order valence-corrected chi connectivity index (χ4v) is 6.75. The molecular formula is C32H32Cl2N4O3. The van der Waals surface area contributed by atoms with Crippen molar-refractivity contribution in [2.45, 2.75) is 37.8 Å². The number of hydrogen-bond donors (Lipinski definition) is 2. The lowest BCUT2D eigenvalue weighted by Crippen LogP contribution is -2.48. The smallest absolute Gasteiger partial charge is 0.229 e. The molecule has 2 aliphatic carbocycles. The van der Waals surface area contributed by atoms with Crippen molar-refractivity contribution in [3.63, 3.8) is 0 Å². The number of aliphatic hydroxyl groups is 1. The summed E-state index contributed by atoms with van der Waals surface area (Å²) in [5, 5.41) is 39.6. The molecule has 0 spiro atoms. The standard InChI is InChI=1S/C18H20ClN3O.C14H12ClNO2/c19-15-5-6-16-14(12-15)4-3-13-2-1-9-22(23)17(13)18(16)21-10-7-20-8-11-21;15-11-5-6-12-10(8-11)4-3-9-2-1-7-16(18)13(9)14(12)17/h1-2,5-6,9,12,18,20H,3-4,7-8,10-11H2;1-2,5-8,14,17H,3-4H2. The van der Waals surface area contributed by atoms with E-state index in [1.54, 1.807) is 24.4 Å². The molecule has 9 heteroatoms. The Balaban J connectivity index is 0.000000152. The van der Waals surface area contributed by atoms with E-state index in [0.29, 0.717) is 10.7 Å². The molecule has 1 aliphatic heterocycles. The van der Waals surface area contributed by atoms with Crippen molar-refractivity contribution in [2.75, 3.05) is 26.2 Å². The Morgan fingerprint density at radius 3 is 1.85 bits per heavy atom. The lowest BCUT2D eigenvalue weighted by Gasteiger charge is -2.34. The number of hydrogen-bond acceptors (Lipinski definition) is 5.